The molecular weight excluding hydrogens is 581 g/mol. The molecule has 0 atom stereocenters. The molecule has 10 rings (SSSR count). The van der Waals surface area contributed by atoms with Gasteiger partial charge in [-0.15, -0.1) is 11.3 Å². The van der Waals surface area contributed by atoms with Crippen molar-refractivity contribution in [2.24, 2.45) is 0 Å². The van der Waals surface area contributed by atoms with Gasteiger partial charge in [0.1, 0.15) is 0 Å². The summed E-state index contributed by atoms with van der Waals surface area (Å²) in [6.07, 6.45) is 0. The minimum Gasteiger partial charge on any atom is -0.437 e. The Morgan fingerprint density at radius 3 is 2.04 bits per heavy atom. The second-order valence-corrected chi connectivity index (χ2v) is 13.0. The van der Waals surface area contributed by atoms with E-state index < -0.39 is 5.41 Å². The summed E-state index contributed by atoms with van der Waals surface area (Å²) in [6, 6.07) is 56.7. The first-order valence-electron chi connectivity index (χ1n) is 15.6. The molecule has 4 heteroatoms. The molecule has 9 aromatic rings. The van der Waals surface area contributed by atoms with Gasteiger partial charge >= 0.3 is 0 Å². The van der Waals surface area contributed by atoms with Crippen LogP contribution in [-0.4, -0.2) is 9.55 Å². The first kappa shape index (κ1) is 25.6. The van der Waals surface area contributed by atoms with Crippen molar-refractivity contribution in [3.63, 3.8) is 0 Å². The molecule has 0 spiro atoms. The molecule has 0 saturated heterocycles. The molecular formula is C42H26N2OS. The standard InChI is InChI=1S/C42H26N2OS/c1-3-13-27(14-4-1)42(28-15-5-2-6-16-28)33-19-9-7-17-29(33)31-26-37-32(25-34(31)42)30-18-8-11-21-36(30)44(37)40-24-23-38(45-40)41-43-35-20-10-12-22-39(35)46-41/h1-26H. The molecule has 216 valence electrons. The van der Waals surface area contributed by atoms with E-state index in [0.29, 0.717) is 0 Å². The number of fused-ring (bicyclic) bond motifs is 7. The van der Waals surface area contributed by atoms with Crippen LogP contribution >= 0.6 is 11.3 Å². The van der Waals surface area contributed by atoms with Gasteiger partial charge in [-0.25, -0.2) is 4.98 Å². The number of rotatable bonds is 4. The molecule has 6 aromatic carbocycles. The van der Waals surface area contributed by atoms with Crippen LogP contribution in [-0.2, 0) is 5.41 Å². The highest BCUT2D eigenvalue weighted by atomic mass is 32.1. The van der Waals surface area contributed by atoms with Crippen molar-refractivity contribution in [3.05, 3.63) is 180 Å². The molecule has 0 amide bonds. The van der Waals surface area contributed by atoms with Crippen LogP contribution in [0.4, 0.5) is 0 Å². The molecule has 1 aliphatic carbocycles. The zero-order valence-electron chi connectivity index (χ0n) is 24.7. The predicted molar refractivity (Wildman–Crippen MR) is 189 cm³/mol. The maximum absolute atomic E-state index is 6.64. The molecule has 0 aliphatic heterocycles. The summed E-state index contributed by atoms with van der Waals surface area (Å²) >= 11 is 1.66. The zero-order valence-corrected chi connectivity index (χ0v) is 25.5. The highest BCUT2D eigenvalue weighted by molar-refractivity contribution is 7.21. The van der Waals surface area contributed by atoms with Gasteiger partial charge in [0.05, 0.1) is 26.7 Å². The lowest BCUT2D eigenvalue weighted by atomic mass is 9.67. The van der Waals surface area contributed by atoms with Crippen molar-refractivity contribution >= 4 is 43.4 Å². The highest BCUT2D eigenvalue weighted by Crippen LogP contribution is 2.57. The van der Waals surface area contributed by atoms with Gasteiger partial charge in [-0.1, -0.05) is 115 Å². The lowest BCUT2D eigenvalue weighted by Gasteiger charge is -2.33. The molecule has 0 saturated carbocycles. The number of para-hydroxylation sites is 2. The van der Waals surface area contributed by atoms with Crippen LogP contribution in [0.25, 0.3) is 59.8 Å². The third-order valence-corrected chi connectivity index (χ3v) is 10.6. The van der Waals surface area contributed by atoms with E-state index in [-0.39, 0.29) is 0 Å². The minimum atomic E-state index is -0.448. The largest absolute Gasteiger partial charge is 0.437 e. The Labute approximate surface area is 269 Å². The lowest BCUT2D eigenvalue weighted by Crippen LogP contribution is -2.28. The summed E-state index contributed by atoms with van der Waals surface area (Å²) in [7, 11) is 0. The van der Waals surface area contributed by atoms with Crippen molar-refractivity contribution in [1.82, 2.24) is 9.55 Å². The van der Waals surface area contributed by atoms with Crippen LogP contribution in [0, 0.1) is 0 Å². The minimum absolute atomic E-state index is 0.448. The molecule has 0 bridgehead atoms. The lowest BCUT2D eigenvalue weighted by molar-refractivity contribution is 0.560. The van der Waals surface area contributed by atoms with Gasteiger partial charge < -0.3 is 4.42 Å². The number of nitrogens with zero attached hydrogens (tertiary/aromatic N) is 2. The summed E-state index contributed by atoms with van der Waals surface area (Å²) in [5.41, 5.74) is 10.4. The Hall–Kier alpha value is -5.71. The monoisotopic (exact) mass is 606 g/mol. The molecule has 0 fully saturated rings. The summed E-state index contributed by atoms with van der Waals surface area (Å²) < 4.78 is 10.1. The van der Waals surface area contributed by atoms with Gasteiger partial charge in [-0.2, -0.15) is 0 Å². The molecule has 46 heavy (non-hydrogen) atoms. The van der Waals surface area contributed by atoms with E-state index in [1.807, 2.05) is 12.1 Å². The fraction of sp³-hybridized carbons (Fsp3) is 0.0238. The number of aromatic nitrogens is 2. The van der Waals surface area contributed by atoms with E-state index in [1.165, 1.54) is 44.2 Å². The van der Waals surface area contributed by atoms with E-state index in [1.54, 1.807) is 11.3 Å². The number of furan rings is 1. The molecule has 3 heterocycles. The van der Waals surface area contributed by atoms with Gasteiger partial charge in [0.15, 0.2) is 10.8 Å². The van der Waals surface area contributed by atoms with Crippen molar-refractivity contribution in [3.8, 4) is 27.8 Å². The molecule has 1 aliphatic rings. The summed E-state index contributed by atoms with van der Waals surface area (Å²) in [5, 5.41) is 3.29. The maximum atomic E-state index is 6.64. The summed E-state index contributed by atoms with van der Waals surface area (Å²) in [4.78, 5) is 4.86. The SMILES string of the molecule is c1ccc(C2(c3ccccc3)c3ccccc3-c3cc4c(cc32)c2ccccc2n4-c2ccc(-c3nc4ccccc4s3)o2)cc1. The first-order chi connectivity index (χ1) is 22.8. The summed E-state index contributed by atoms with van der Waals surface area (Å²) in [5.74, 6) is 1.56. The molecule has 0 N–H and O–H groups in total. The molecule has 3 nitrogen and oxygen atoms in total. The van der Waals surface area contributed by atoms with Crippen LogP contribution in [0.2, 0.25) is 0 Å². The number of hydrogen-bond donors (Lipinski definition) is 0. The Kier molecular flexibility index (Phi) is 5.37. The van der Waals surface area contributed by atoms with Crippen molar-refractivity contribution in [2.75, 3.05) is 0 Å². The van der Waals surface area contributed by atoms with Crippen LogP contribution in [0.1, 0.15) is 22.3 Å². The van der Waals surface area contributed by atoms with E-state index in [9.17, 15) is 0 Å². The third kappa shape index (κ3) is 3.45. The van der Waals surface area contributed by atoms with Crippen LogP contribution in [0.3, 0.4) is 0 Å². The fourth-order valence-corrected chi connectivity index (χ4v) is 8.61. The smallest absolute Gasteiger partial charge is 0.205 e. The van der Waals surface area contributed by atoms with Crippen LogP contribution in [0.15, 0.2) is 162 Å². The van der Waals surface area contributed by atoms with Gasteiger partial charge in [-0.05, 0) is 69.8 Å². The predicted octanol–water partition coefficient (Wildman–Crippen LogP) is 11.0. The van der Waals surface area contributed by atoms with Gasteiger partial charge in [0.25, 0.3) is 0 Å². The Morgan fingerprint density at radius 1 is 0.543 bits per heavy atom. The second kappa shape index (κ2) is 9.64. The van der Waals surface area contributed by atoms with Gasteiger partial charge in [-0.3, -0.25) is 4.57 Å². The normalized spacial score (nSPS) is 13.4. The maximum Gasteiger partial charge on any atom is 0.205 e. The van der Waals surface area contributed by atoms with E-state index >= 15 is 0 Å². The van der Waals surface area contributed by atoms with Crippen LogP contribution in [0.5, 0.6) is 0 Å². The average molecular weight is 607 g/mol. The number of hydrogen-bond acceptors (Lipinski definition) is 3. The van der Waals surface area contributed by atoms with Crippen molar-refractivity contribution in [2.45, 2.75) is 5.41 Å². The average Bonchev–Trinajstić information content (AvgIpc) is 3.90. The van der Waals surface area contributed by atoms with E-state index in [4.69, 9.17) is 9.40 Å². The molecule has 0 radical (unpaired) electrons. The summed E-state index contributed by atoms with van der Waals surface area (Å²) in [6.45, 7) is 0. The zero-order chi connectivity index (χ0) is 30.2. The number of benzene rings is 6. The quantitative estimate of drug-likeness (QED) is 0.200. The first-order valence-corrected chi connectivity index (χ1v) is 16.4. The van der Waals surface area contributed by atoms with E-state index in [2.05, 4.69) is 150 Å². The number of thiazole rings is 1. The third-order valence-electron chi connectivity index (χ3n) is 9.57. The highest BCUT2D eigenvalue weighted by Gasteiger charge is 2.46. The fourth-order valence-electron chi connectivity index (χ4n) is 7.68. The van der Waals surface area contributed by atoms with Crippen molar-refractivity contribution < 1.29 is 4.42 Å². The van der Waals surface area contributed by atoms with Gasteiger partial charge in [0, 0.05) is 16.8 Å². The molecule has 0 unspecified atom stereocenters. The Balaban J connectivity index is 1.27. The van der Waals surface area contributed by atoms with Gasteiger partial charge in [0.2, 0.25) is 5.88 Å². The van der Waals surface area contributed by atoms with Crippen molar-refractivity contribution in [1.29, 1.82) is 0 Å². The Morgan fingerprint density at radius 2 is 1.24 bits per heavy atom. The topological polar surface area (TPSA) is 31.0 Å². The van der Waals surface area contributed by atoms with Crippen LogP contribution < -0.4 is 0 Å². The Bertz CT molecular complexity index is 2520. The molecule has 3 aromatic heterocycles. The van der Waals surface area contributed by atoms with E-state index in [0.717, 1.165) is 37.9 Å². The second-order valence-electron chi connectivity index (χ2n) is 11.9.